The van der Waals surface area contributed by atoms with Crippen LogP contribution in [0.1, 0.15) is 19.8 Å². The van der Waals surface area contributed by atoms with Crippen LogP contribution in [-0.4, -0.2) is 68.2 Å². The van der Waals surface area contributed by atoms with Crippen LogP contribution in [0.25, 0.3) is 0 Å². The third-order valence-electron chi connectivity index (χ3n) is 3.72. The number of rotatable bonds is 5. The molecule has 1 rings (SSSR count). The third kappa shape index (κ3) is 5.40. The second kappa shape index (κ2) is 7.14. The summed E-state index contributed by atoms with van der Waals surface area (Å²) in [6, 6.07) is -0.742. The lowest BCUT2D eigenvalue weighted by Crippen LogP contribution is -2.52. The van der Waals surface area contributed by atoms with Crippen LogP contribution >= 0.6 is 0 Å². The first-order valence-corrected chi connectivity index (χ1v) is 8.83. The van der Waals surface area contributed by atoms with Gasteiger partial charge in [0.15, 0.2) is 0 Å². The number of hydrogen-bond donors (Lipinski definition) is 1. The van der Waals surface area contributed by atoms with Crippen molar-refractivity contribution in [3.63, 3.8) is 0 Å². The minimum absolute atomic E-state index is 0.150. The fraction of sp³-hybridized carbons (Fsp3) is 0.917. The van der Waals surface area contributed by atoms with Gasteiger partial charge in [-0.25, -0.2) is 8.42 Å². The molecular weight excluding hydrogens is 323 g/mol. The Kier molecular flexibility index (Phi) is 6.22. The van der Waals surface area contributed by atoms with E-state index in [0.29, 0.717) is 4.31 Å². The highest BCUT2D eigenvalue weighted by Gasteiger charge is 2.40. The highest BCUT2D eigenvalue weighted by molar-refractivity contribution is 7.88. The van der Waals surface area contributed by atoms with Crippen molar-refractivity contribution in [3.05, 3.63) is 0 Å². The highest BCUT2D eigenvalue weighted by atomic mass is 32.2. The van der Waals surface area contributed by atoms with E-state index in [9.17, 15) is 26.4 Å². The van der Waals surface area contributed by atoms with E-state index in [1.807, 2.05) is 0 Å². The van der Waals surface area contributed by atoms with Crippen molar-refractivity contribution in [2.45, 2.75) is 32.0 Å². The number of carbonyl (C=O) groups is 1. The molecule has 0 saturated carbocycles. The Hall–Kier alpha value is -0.870. The molecular formula is C12H22F3N3O3S. The van der Waals surface area contributed by atoms with Crippen molar-refractivity contribution in [3.8, 4) is 0 Å². The zero-order valence-electron chi connectivity index (χ0n) is 12.6. The molecule has 0 aromatic heterocycles. The lowest BCUT2D eigenvalue weighted by atomic mass is 10.0. The summed E-state index contributed by atoms with van der Waals surface area (Å²) in [6.07, 6.45) is -3.45. The molecule has 0 aromatic carbocycles. The van der Waals surface area contributed by atoms with Crippen molar-refractivity contribution in [2.24, 2.45) is 11.7 Å². The van der Waals surface area contributed by atoms with Gasteiger partial charge in [-0.15, -0.1) is 0 Å². The van der Waals surface area contributed by atoms with E-state index in [2.05, 4.69) is 0 Å². The quantitative estimate of drug-likeness (QED) is 0.782. The number of hydrogen-bond acceptors (Lipinski definition) is 4. The molecule has 1 saturated heterocycles. The number of nitrogens with zero attached hydrogens (tertiary/aromatic N) is 2. The summed E-state index contributed by atoms with van der Waals surface area (Å²) >= 11 is 0. The van der Waals surface area contributed by atoms with Crippen LogP contribution < -0.4 is 5.73 Å². The van der Waals surface area contributed by atoms with Gasteiger partial charge in [0, 0.05) is 31.6 Å². The number of likely N-dealkylation sites (tertiary alicyclic amines) is 1. The molecule has 1 amide bonds. The van der Waals surface area contributed by atoms with Gasteiger partial charge in [-0.2, -0.15) is 17.5 Å². The minimum atomic E-state index is -4.59. The molecule has 22 heavy (non-hydrogen) atoms. The Morgan fingerprint density at radius 2 is 1.86 bits per heavy atom. The van der Waals surface area contributed by atoms with E-state index >= 15 is 0 Å². The molecule has 0 radical (unpaired) electrons. The number of amides is 1. The first-order valence-electron chi connectivity index (χ1n) is 6.98. The first-order chi connectivity index (χ1) is 9.95. The maximum atomic E-state index is 12.6. The Balaban J connectivity index is 2.73. The number of carbonyl (C=O) groups excluding carboxylic acids is 1. The zero-order chi connectivity index (χ0) is 17.1. The van der Waals surface area contributed by atoms with Gasteiger partial charge in [-0.3, -0.25) is 4.79 Å². The summed E-state index contributed by atoms with van der Waals surface area (Å²) in [5.74, 6) is -0.500. The van der Waals surface area contributed by atoms with Crippen LogP contribution in [0.15, 0.2) is 0 Å². The number of sulfonamides is 1. The largest absolute Gasteiger partial charge is 0.402 e. The van der Waals surface area contributed by atoms with Crippen molar-refractivity contribution in [1.29, 1.82) is 0 Å². The number of halogens is 3. The molecule has 0 aliphatic carbocycles. The molecule has 1 atom stereocenters. The van der Waals surface area contributed by atoms with Crippen LogP contribution in [0.3, 0.4) is 0 Å². The first kappa shape index (κ1) is 19.2. The number of alkyl halides is 3. The standard InChI is InChI=1S/C12H22F3N3O3S/c1-9(7-16)11(19)17-5-3-10(4-6-17)18(22(2,20)21)8-12(13,14)15/h9-10H,3-8,16H2,1-2H3. The van der Waals surface area contributed by atoms with Crippen molar-refractivity contribution in [2.75, 3.05) is 32.4 Å². The van der Waals surface area contributed by atoms with Gasteiger partial charge in [-0.05, 0) is 12.8 Å². The van der Waals surface area contributed by atoms with Crippen molar-refractivity contribution in [1.82, 2.24) is 9.21 Å². The van der Waals surface area contributed by atoms with Crippen LogP contribution in [0.4, 0.5) is 13.2 Å². The van der Waals surface area contributed by atoms with Crippen LogP contribution in [0.5, 0.6) is 0 Å². The maximum Gasteiger partial charge on any atom is 0.402 e. The van der Waals surface area contributed by atoms with Gasteiger partial charge in [0.25, 0.3) is 0 Å². The van der Waals surface area contributed by atoms with Gasteiger partial charge in [0.1, 0.15) is 6.54 Å². The topological polar surface area (TPSA) is 83.7 Å². The Morgan fingerprint density at radius 1 is 1.36 bits per heavy atom. The molecule has 0 aromatic rings. The second-order valence-corrected chi connectivity index (χ2v) is 7.55. The van der Waals surface area contributed by atoms with E-state index in [1.165, 1.54) is 4.90 Å². The van der Waals surface area contributed by atoms with E-state index in [4.69, 9.17) is 5.73 Å². The molecule has 6 nitrogen and oxygen atoms in total. The lowest BCUT2D eigenvalue weighted by Gasteiger charge is -2.38. The van der Waals surface area contributed by atoms with Gasteiger partial charge in [0.2, 0.25) is 15.9 Å². The predicted octanol–water partition coefficient (Wildman–Crippen LogP) is 0.396. The molecule has 10 heteroatoms. The second-order valence-electron chi connectivity index (χ2n) is 5.62. The molecule has 1 unspecified atom stereocenters. The number of nitrogens with two attached hydrogens (primary N) is 1. The van der Waals surface area contributed by atoms with E-state index in [1.54, 1.807) is 6.92 Å². The Bertz CT molecular complexity index is 488. The maximum absolute atomic E-state index is 12.6. The summed E-state index contributed by atoms with van der Waals surface area (Å²) in [5.41, 5.74) is 5.42. The van der Waals surface area contributed by atoms with E-state index in [-0.39, 0.29) is 44.3 Å². The molecule has 0 spiro atoms. The monoisotopic (exact) mass is 345 g/mol. The van der Waals surface area contributed by atoms with Crippen molar-refractivity contribution >= 4 is 15.9 Å². The predicted molar refractivity (Wildman–Crippen MR) is 75.4 cm³/mol. The summed E-state index contributed by atoms with van der Waals surface area (Å²) in [6.45, 7) is 0.849. The summed E-state index contributed by atoms with van der Waals surface area (Å²) in [5, 5.41) is 0. The van der Waals surface area contributed by atoms with Crippen LogP contribution in [0.2, 0.25) is 0 Å². The van der Waals surface area contributed by atoms with Gasteiger partial charge >= 0.3 is 6.18 Å². The normalized spacial score (nSPS) is 19.5. The Morgan fingerprint density at radius 3 is 2.23 bits per heavy atom. The molecule has 1 fully saturated rings. The SMILES string of the molecule is CC(CN)C(=O)N1CCC(N(CC(F)(F)F)S(C)(=O)=O)CC1. The van der Waals surface area contributed by atoms with Crippen LogP contribution in [0, 0.1) is 5.92 Å². The highest BCUT2D eigenvalue weighted by Crippen LogP contribution is 2.25. The minimum Gasteiger partial charge on any atom is -0.342 e. The van der Waals surface area contributed by atoms with Gasteiger partial charge in [0.05, 0.1) is 6.26 Å². The van der Waals surface area contributed by atoms with Gasteiger partial charge in [-0.1, -0.05) is 6.92 Å². The molecule has 2 N–H and O–H groups in total. The summed E-state index contributed by atoms with van der Waals surface area (Å²) in [7, 11) is -3.97. The van der Waals surface area contributed by atoms with Crippen LogP contribution in [-0.2, 0) is 14.8 Å². The molecule has 0 bridgehead atoms. The zero-order valence-corrected chi connectivity index (χ0v) is 13.5. The molecule has 1 aliphatic rings. The molecule has 1 heterocycles. The summed E-state index contributed by atoms with van der Waals surface area (Å²) < 4.78 is 61.4. The fourth-order valence-electron chi connectivity index (χ4n) is 2.48. The lowest BCUT2D eigenvalue weighted by molar-refractivity contribution is -0.144. The fourth-order valence-corrected chi connectivity index (χ4v) is 3.61. The third-order valence-corrected chi connectivity index (χ3v) is 5.00. The molecule has 1 aliphatic heterocycles. The van der Waals surface area contributed by atoms with Crippen molar-refractivity contribution < 1.29 is 26.4 Å². The molecule has 130 valence electrons. The van der Waals surface area contributed by atoms with E-state index in [0.717, 1.165) is 6.26 Å². The smallest absolute Gasteiger partial charge is 0.342 e. The van der Waals surface area contributed by atoms with E-state index < -0.39 is 28.8 Å². The Labute approximate surface area is 128 Å². The summed E-state index contributed by atoms with van der Waals surface area (Å²) in [4.78, 5) is 13.5. The average molecular weight is 345 g/mol. The van der Waals surface area contributed by atoms with Gasteiger partial charge < -0.3 is 10.6 Å². The average Bonchev–Trinajstić information content (AvgIpc) is 2.41. The number of piperidine rings is 1.